The van der Waals surface area contributed by atoms with Crippen LogP contribution in [0.4, 0.5) is 13.2 Å². The molecule has 142 valence electrons. The van der Waals surface area contributed by atoms with E-state index in [2.05, 4.69) is 10.2 Å². The molecule has 0 unspecified atom stereocenters. The molecule has 0 saturated heterocycles. The van der Waals surface area contributed by atoms with E-state index in [1.807, 2.05) is 0 Å². The third-order valence-corrected chi connectivity index (χ3v) is 4.33. The summed E-state index contributed by atoms with van der Waals surface area (Å²) in [6.07, 6.45) is -4.49. The fourth-order valence-electron chi connectivity index (χ4n) is 2.86. The van der Waals surface area contributed by atoms with Crippen molar-refractivity contribution < 1.29 is 17.9 Å². The molecule has 3 aromatic rings. The molecule has 0 N–H and O–H groups in total. The summed E-state index contributed by atoms with van der Waals surface area (Å²) < 4.78 is 47.5. The standard InChI is InChI=1S/C19H17ClF3N3O/c1-18(2,27-13-10-8-12(20)9-11-13)17-25-24-16(26(17)3)14-6-4-5-7-15(14)19(21,22)23/h4-11H,1-3H3. The Morgan fingerprint density at radius 2 is 1.59 bits per heavy atom. The first-order valence-electron chi connectivity index (χ1n) is 8.10. The van der Waals surface area contributed by atoms with Crippen molar-refractivity contribution in [1.29, 1.82) is 0 Å². The Hall–Kier alpha value is -2.54. The summed E-state index contributed by atoms with van der Waals surface area (Å²) in [6.45, 7) is 3.54. The van der Waals surface area contributed by atoms with Crippen molar-refractivity contribution >= 4 is 11.6 Å². The van der Waals surface area contributed by atoms with E-state index in [9.17, 15) is 13.2 Å². The normalized spacial score (nSPS) is 12.3. The quantitative estimate of drug-likeness (QED) is 0.588. The lowest BCUT2D eigenvalue weighted by atomic mass is 10.1. The first-order valence-corrected chi connectivity index (χ1v) is 8.48. The molecule has 8 heteroatoms. The highest BCUT2D eigenvalue weighted by molar-refractivity contribution is 6.30. The Morgan fingerprint density at radius 3 is 2.22 bits per heavy atom. The van der Waals surface area contributed by atoms with Gasteiger partial charge in [-0.1, -0.05) is 29.8 Å². The lowest BCUT2D eigenvalue weighted by Gasteiger charge is -2.25. The summed E-state index contributed by atoms with van der Waals surface area (Å²) in [5.74, 6) is 1.07. The van der Waals surface area contributed by atoms with Crippen molar-refractivity contribution in [2.75, 3.05) is 0 Å². The molecule has 2 aromatic carbocycles. The number of alkyl halides is 3. The maximum absolute atomic E-state index is 13.3. The number of hydrogen-bond donors (Lipinski definition) is 0. The topological polar surface area (TPSA) is 39.9 Å². The van der Waals surface area contributed by atoms with E-state index in [1.165, 1.54) is 22.8 Å². The predicted octanol–water partition coefficient (Wildman–Crippen LogP) is 5.47. The maximum atomic E-state index is 13.3. The molecule has 0 radical (unpaired) electrons. The first-order chi connectivity index (χ1) is 12.6. The number of benzene rings is 2. The van der Waals surface area contributed by atoms with Gasteiger partial charge >= 0.3 is 6.18 Å². The lowest BCUT2D eigenvalue weighted by Crippen LogP contribution is -2.29. The molecule has 0 aliphatic heterocycles. The van der Waals surface area contributed by atoms with Gasteiger partial charge in [-0.05, 0) is 44.2 Å². The SMILES string of the molecule is Cn1c(-c2ccccc2C(F)(F)F)nnc1C(C)(C)Oc1ccc(Cl)cc1. The highest BCUT2D eigenvalue weighted by Crippen LogP contribution is 2.37. The number of nitrogens with zero attached hydrogens (tertiary/aromatic N) is 3. The molecule has 0 aliphatic carbocycles. The monoisotopic (exact) mass is 395 g/mol. The minimum absolute atomic E-state index is 0.0338. The van der Waals surface area contributed by atoms with Crippen molar-refractivity contribution in [3.8, 4) is 17.1 Å². The molecule has 0 fully saturated rings. The van der Waals surface area contributed by atoms with Crippen LogP contribution in [0.1, 0.15) is 25.2 Å². The van der Waals surface area contributed by atoms with Crippen LogP contribution in [0.2, 0.25) is 5.02 Å². The van der Waals surface area contributed by atoms with Crippen LogP contribution in [0, 0.1) is 0 Å². The Morgan fingerprint density at radius 1 is 0.963 bits per heavy atom. The zero-order valence-electron chi connectivity index (χ0n) is 14.9. The molecule has 0 saturated carbocycles. The zero-order chi connectivity index (χ0) is 19.8. The van der Waals surface area contributed by atoms with Crippen LogP contribution >= 0.6 is 11.6 Å². The molecule has 0 amide bonds. The van der Waals surface area contributed by atoms with E-state index >= 15 is 0 Å². The second kappa shape index (κ2) is 6.88. The van der Waals surface area contributed by atoms with Crippen molar-refractivity contribution in [1.82, 2.24) is 14.8 Å². The van der Waals surface area contributed by atoms with Crippen LogP contribution in [0.15, 0.2) is 48.5 Å². The average molecular weight is 396 g/mol. The van der Waals surface area contributed by atoms with Gasteiger partial charge in [-0.25, -0.2) is 0 Å². The zero-order valence-corrected chi connectivity index (χ0v) is 15.6. The van der Waals surface area contributed by atoms with Crippen LogP contribution < -0.4 is 4.74 Å². The van der Waals surface area contributed by atoms with E-state index in [-0.39, 0.29) is 11.4 Å². The van der Waals surface area contributed by atoms with E-state index in [0.717, 1.165) is 6.07 Å². The van der Waals surface area contributed by atoms with E-state index in [0.29, 0.717) is 16.6 Å². The Kier molecular flexibility index (Phi) is 4.90. The molecule has 4 nitrogen and oxygen atoms in total. The third-order valence-electron chi connectivity index (χ3n) is 4.07. The Balaban J connectivity index is 1.99. The predicted molar refractivity (Wildman–Crippen MR) is 96.5 cm³/mol. The van der Waals surface area contributed by atoms with Crippen molar-refractivity contribution in [3.63, 3.8) is 0 Å². The Bertz CT molecular complexity index is 950. The smallest absolute Gasteiger partial charge is 0.417 e. The molecule has 1 aromatic heterocycles. The summed E-state index contributed by atoms with van der Waals surface area (Å²) in [7, 11) is 1.62. The van der Waals surface area contributed by atoms with Gasteiger partial charge in [0.2, 0.25) is 0 Å². The second-order valence-corrected chi connectivity index (χ2v) is 6.95. The molecular weight excluding hydrogens is 379 g/mol. The van der Waals surface area contributed by atoms with E-state index in [1.54, 1.807) is 45.2 Å². The molecule has 1 heterocycles. The molecule has 27 heavy (non-hydrogen) atoms. The number of ether oxygens (including phenoxy) is 1. The van der Waals surface area contributed by atoms with Gasteiger partial charge in [-0.2, -0.15) is 13.2 Å². The number of aromatic nitrogens is 3. The largest absolute Gasteiger partial charge is 0.480 e. The lowest BCUT2D eigenvalue weighted by molar-refractivity contribution is -0.137. The van der Waals surface area contributed by atoms with Crippen molar-refractivity contribution in [3.05, 3.63) is 64.9 Å². The second-order valence-electron chi connectivity index (χ2n) is 6.52. The Labute approximate surface area is 159 Å². The minimum Gasteiger partial charge on any atom is -0.480 e. The summed E-state index contributed by atoms with van der Waals surface area (Å²) in [5, 5.41) is 8.66. The van der Waals surface area contributed by atoms with Gasteiger partial charge in [0, 0.05) is 17.6 Å². The third kappa shape index (κ3) is 3.93. The summed E-state index contributed by atoms with van der Waals surface area (Å²) >= 11 is 5.87. The van der Waals surface area contributed by atoms with Gasteiger partial charge in [-0.15, -0.1) is 10.2 Å². The summed E-state index contributed by atoms with van der Waals surface area (Å²) in [5.41, 5.74) is -1.72. The van der Waals surface area contributed by atoms with Crippen molar-refractivity contribution in [2.24, 2.45) is 7.05 Å². The molecule has 0 spiro atoms. The molecule has 0 bridgehead atoms. The van der Waals surface area contributed by atoms with Crippen LogP contribution in [0.5, 0.6) is 5.75 Å². The van der Waals surface area contributed by atoms with Gasteiger partial charge in [0.25, 0.3) is 0 Å². The van der Waals surface area contributed by atoms with E-state index in [4.69, 9.17) is 16.3 Å². The minimum atomic E-state index is -4.49. The highest BCUT2D eigenvalue weighted by atomic mass is 35.5. The molecule has 3 rings (SSSR count). The van der Waals surface area contributed by atoms with Crippen LogP contribution in [0.3, 0.4) is 0 Å². The van der Waals surface area contributed by atoms with Crippen LogP contribution in [-0.2, 0) is 18.8 Å². The average Bonchev–Trinajstić information content (AvgIpc) is 2.98. The molecule has 0 atom stereocenters. The van der Waals surface area contributed by atoms with Crippen LogP contribution in [-0.4, -0.2) is 14.8 Å². The number of hydrogen-bond acceptors (Lipinski definition) is 3. The van der Waals surface area contributed by atoms with Gasteiger partial charge in [0.1, 0.15) is 5.75 Å². The molecule has 0 aliphatic rings. The number of halogens is 4. The fraction of sp³-hybridized carbons (Fsp3) is 0.263. The first kappa shape index (κ1) is 19.2. The van der Waals surface area contributed by atoms with Crippen molar-refractivity contribution in [2.45, 2.75) is 25.6 Å². The van der Waals surface area contributed by atoms with Gasteiger partial charge < -0.3 is 9.30 Å². The van der Waals surface area contributed by atoms with Crippen LogP contribution in [0.25, 0.3) is 11.4 Å². The number of rotatable bonds is 4. The highest BCUT2D eigenvalue weighted by Gasteiger charge is 2.36. The van der Waals surface area contributed by atoms with Gasteiger partial charge in [0.15, 0.2) is 17.2 Å². The summed E-state index contributed by atoms with van der Waals surface area (Å²) in [4.78, 5) is 0. The fourth-order valence-corrected chi connectivity index (χ4v) is 2.98. The molecular formula is C19H17ClF3N3O. The van der Waals surface area contributed by atoms with Gasteiger partial charge in [-0.3, -0.25) is 0 Å². The maximum Gasteiger partial charge on any atom is 0.417 e. The van der Waals surface area contributed by atoms with Gasteiger partial charge in [0.05, 0.1) is 5.56 Å². The van der Waals surface area contributed by atoms with E-state index < -0.39 is 17.3 Å². The summed E-state index contributed by atoms with van der Waals surface area (Å²) in [6, 6.07) is 12.1.